The summed E-state index contributed by atoms with van der Waals surface area (Å²) in [7, 11) is -1.61. The Morgan fingerprint density at radius 2 is 1.81 bits per heavy atom. The normalized spacial score (nSPS) is 19.3. The number of ether oxygens (including phenoxy) is 1. The zero-order valence-corrected chi connectivity index (χ0v) is 14.1. The van der Waals surface area contributed by atoms with Crippen molar-refractivity contribution in [3.8, 4) is 5.75 Å². The Balaban J connectivity index is 1.87. The Morgan fingerprint density at radius 3 is 2.42 bits per heavy atom. The number of hydrogen-bond acceptors (Lipinski definition) is 3. The minimum absolute atomic E-state index is 0.0170. The first-order valence-corrected chi connectivity index (χ1v) is 8.68. The van der Waals surface area contributed by atoms with Crippen molar-refractivity contribution in [1.29, 1.82) is 0 Å². The third kappa shape index (κ3) is 3.82. The van der Waals surface area contributed by atoms with Gasteiger partial charge in [0.2, 0.25) is 0 Å². The molecule has 0 saturated carbocycles. The second-order valence-corrected chi connectivity index (χ2v) is 6.96. The number of carboxylic acids is 1. The molecule has 0 spiro atoms. The molecule has 0 aromatic heterocycles. The molecule has 0 amide bonds. The number of fused-ring (bicyclic) bond motifs is 1. The molecule has 1 aliphatic rings. The van der Waals surface area contributed by atoms with Crippen molar-refractivity contribution in [2.75, 3.05) is 10.9 Å². The molecule has 0 aliphatic carbocycles. The number of alkyl halides is 3. The highest BCUT2D eigenvalue weighted by atomic mass is 32.2. The molecule has 5 nitrogen and oxygen atoms in total. The molecule has 138 valence electrons. The summed E-state index contributed by atoms with van der Waals surface area (Å²) in [5, 5.41) is 9.19. The maximum absolute atomic E-state index is 12.8. The van der Waals surface area contributed by atoms with Crippen molar-refractivity contribution in [3.05, 3.63) is 54.1 Å². The van der Waals surface area contributed by atoms with E-state index >= 15 is 0 Å². The molecule has 2 aromatic carbocycles. The molecular formula is C17H14F3NO4S. The monoisotopic (exact) mass is 385 g/mol. The molecule has 26 heavy (non-hydrogen) atoms. The lowest BCUT2D eigenvalue weighted by atomic mass is 10.0. The summed E-state index contributed by atoms with van der Waals surface area (Å²) in [5.41, 5.74) is 1.09. The van der Waals surface area contributed by atoms with E-state index in [1.165, 1.54) is 28.6 Å². The molecule has 2 unspecified atom stereocenters. The van der Waals surface area contributed by atoms with Crippen LogP contribution in [0.25, 0.3) is 0 Å². The second-order valence-electron chi connectivity index (χ2n) is 5.62. The van der Waals surface area contributed by atoms with E-state index in [2.05, 4.69) is 4.74 Å². The van der Waals surface area contributed by atoms with Gasteiger partial charge in [0.1, 0.15) is 5.75 Å². The highest BCUT2D eigenvalue weighted by Gasteiger charge is 2.38. The van der Waals surface area contributed by atoms with Crippen LogP contribution in [0.2, 0.25) is 0 Å². The van der Waals surface area contributed by atoms with E-state index in [4.69, 9.17) is 0 Å². The highest BCUT2D eigenvalue weighted by Crippen LogP contribution is 2.42. The molecule has 1 heterocycles. The van der Waals surface area contributed by atoms with E-state index in [1.807, 2.05) is 0 Å². The number of anilines is 1. The zero-order valence-electron chi connectivity index (χ0n) is 13.3. The van der Waals surface area contributed by atoms with E-state index in [1.54, 1.807) is 24.3 Å². The SMILES string of the molecule is O=C(O)CC1c2ccccc2S(=O)N1c1ccc(OCC(F)(F)F)cc1. The van der Waals surface area contributed by atoms with Crippen molar-refractivity contribution >= 4 is 22.6 Å². The highest BCUT2D eigenvalue weighted by molar-refractivity contribution is 7.87. The van der Waals surface area contributed by atoms with E-state index in [9.17, 15) is 27.3 Å². The topological polar surface area (TPSA) is 66.8 Å². The fraction of sp³-hybridized carbons (Fsp3) is 0.235. The first-order valence-electron chi connectivity index (χ1n) is 7.58. The van der Waals surface area contributed by atoms with Gasteiger partial charge in [0.05, 0.1) is 23.0 Å². The summed E-state index contributed by atoms with van der Waals surface area (Å²) < 4.78 is 55.5. The van der Waals surface area contributed by atoms with Crippen LogP contribution in [0.15, 0.2) is 53.4 Å². The van der Waals surface area contributed by atoms with Gasteiger partial charge < -0.3 is 9.84 Å². The number of nitrogens with zero attached hydrogens (tertiary/aromatic N) is 1. The Hall–Kier alpha value is -2.55. The summed E-state index contributed by atoms with van der Waals surface area (Å²) in [4.78, 5) is 11.8. The van der Waals surface area contributed by atoms with Crippen LogP contribution in [0.4, 0.5) is 18.9 Å². The number of rotatable bonds is 5. The molecule has 0 saturated heterocycles. The summed E-state index contributed by atoms with van der Waals surface area (Å²) >= 11 is 0. The number of halogens is 3. The summed E-state index contributed by atoms with van der Waals surface area (Å²) in [5.74, 6) is -1.03. The van der Waals surface area contributed by atoms with Crippen LogP contribution in [-0.4, -0.2) is 28.1 Å². The van der Waals surface area contributed by atoms with Gasteiger partial charge in [-0.25, -0.2) is 4.21 Å². The maximum Gasteiger partial charge on any atom is 0.422 e. The lowest BCUT2D eigenvalue weighted by Gasteiger charge is -2.24. The number of aliphatic carboxylic acids is 1. The number of benzene rings is 2. The van der Waals surface area contributed by atoms with Gasteiger partial charge in [-0.2, -0.15) is 13.2 Å². The third-order valence-electron chi connectivity index (χ3n) is 3.79. The molecule has 0 radical (unpaired) electrons. The van der Waals surface area contributed by atoms with E-state index in [0.717, 1.165) is 0 Å². The van der Waals surface area contributed by atoms with Crippen LogP contribution >= 0.6 is 0 Å². The van der Waals surface area contributed by atoms with Crippen LogP contribution < -0.4 is 9.04 Å². The number of carbonyl (C=O) groups is 1. The molecule has 1 N–H and O–H groups in total. The predicted molar refractivity (Wildman–Crippen MR) is 88.3 cm³/mol. The zero-order chi connectivity index (χ0) is 18.9. The molecule has 9 heteroatoms. The smallest absolute Gasteiger partial charge is 0.422 e. The van der Waals surface area contributed by atoms with Crippen LogP contribution in [0.1, 0.15) is 18.0 Å². The van der Waals surface area contributed by atoms with E-state index in [-0.39, 0.29) is 12.2 Å². The van der Waals surface area contributed by atoms with Gasteiger partial charge in [-0.3, -0.25) is 9.10 Å². The fourth-order valence-corrected chi connectivity index (χ4v) is 4.30. The predicted octanol–water partition coefficient (Wildman–Crippen LogP) is 3.69. The van der Waals surface area contributed by atoms with Crippen LogP contribution in [-0.2, 0) is 15.8 Å². The molecular weight excluding hydrogens is 371 g/mol. The Labute approximate surface area is 149 Å². The van der Waals surface area contributed by atoms with Gasteiger partial charge in [-0.1, -0.05) is 18.2 Å². The molecule has 2 aromatic rings. The Morgan fingerprint density at radius 1 is 1.15 bits per heavy atom. The fourth-order valence-electron chi connectivity index (χ4n) is 2.75. The van der Waals surface area contributed by atoms with Crippen molar-refractivity contribution in [1.82, 2.24) is 0 Å². The van der Waals surface area contributed by atoms with E-state index < -0.39 is 35.8 Å². The average molecular weight is 385 g/mol. The van der Waals surface area contributed by atoms with Gasteiger partial charge in [0.15, 0.2) is 17.6 Å². The third-order valence-corrected chi connectivity index (χ3v) is 5.36. The Kier molecular flexibility index (Phi) is 4.90. The summed E-state index contributed by atoms with van der Waals surface area (Å²) in [6.45, 7) is -1.41. The van der Waals surface area contributed by atoms with Crippen molar-refractivity contribution in [3.63, 3.8) is 0 Å². The summed E-state index contributed by atoms with van der Waals surface area (Å²) in [6.07, 6.45) is -4.70. The number of hydrogen-bond donors (Lipinski definition) is 1. The quantitative estimate of drug-likeness (QED) is 0.853. The van der Waals surface area contributed by atoms with E-state index in [0.29, 0.717) is 16.1 Å². The maximum atomic E-state index is 12.8. The lowest BCUT2D eigenvalue weighted by Crippen LogP contribution is -2.25. The number of carboxylic acid groups (broad SMARTS) is 1. The minimum atomic E-state index is -4.44. The first-order chi connectivity index (χ1) is 12.3. The standard InChI is InChI=1S/C17H14F3NO4S/c18-17(19,20)10-25-12-7-5-11(6-8-12)21-14(9-16(22)23)13-3-1-2-4-15(13)26(21)24/h1-8,14H,9-10H2,(H,22,23). The average Bonchev–Trinajstić information content (AvgIpc) is 2.85. The largest absolute Gasteiger partial charge is 0.484 e. The molecule has 3 rings (SSSR count). The van der Waals surface area contributed by atoms with Gasteiger partial charge in [0, 0.05) is 0 Å². The first kappa shape index (κ1) is 18.2. The second kappa shape index (κ2) is 6.99. The van der Waals surface area contributed by atoms with Crippen LogP contribution in [0.5, 0.6) is 5.75 Å². The summed E-state index contributed by atoms with van der Waals surface area (Å²) in [6, 6.07) is 11.8. The minimum Gasteiger partial charge on any atom is -0.484 e. The van der Waals surface area contributed by atoms with Crippen LogP contribution in [0.3, 0.4) is 0 Å². The van der Waals surface area contributed by atoms with Crippen molar-refractivity contribution in [2.45, 2.75) is 23.5 Å². The Bertz CT molecular complexity index is 839. The molecule has 0 fully saturated rings. The van der Waals surface area contributed by atoms with Gasteiger partial charge in [0.25, 0.3) is 0 Å². The van der Waals surface area contributed by atoms with Gasteiger partial charge >= 0.3 is 12.1 Å². The lowest BCUT2D eigenvalue weighted by molar-refractivity contribution is -0.153. The van der Waals surface area contributed by atoms with Gasteiger partial charge in [-0.15, -0.1) is 0 Å². The molecule has 2 atom stereocenters. The van der Waals surface area contributed by atoms with Crippen molar-refractivity contribution < 1.29 is 32.0 Å². The van der Waals surface area contributed by atoms with Crippen molar-refractivity contribution in [2.24, 2.45) is 0 Å². The molecule has 0 bridgehead atoms. The van der Waals surface area contributed by atoms with Gasteiger partial charge in [-0.05, 0) is 35.9 Å². The molecule has 1 aliphatic heterocycles. The van der Waals surface area contributed by atoms with Crippen LogP contribution in [0, 0.1) is 0 Å².